The molecule has 0 heterocycles. The van der Waals surface area contributed by atoms with E-state index in [1.54, 1.807) is 0 Å². The van der Waals surface area contributed by atoms with Crippen LogP contribution < -0.4 is 0 Å². The van der Waals surface area contributed by atoms with Crippen LogP contribution in [-0.2, 0) is 26.2 Å². The Kier molecular flexibility index (Phi) is 7.00. The van der Waals surface area contributed by atoms with Crippen LogP contribution in [-0.4, -0.2) is 0 Å². The molecule has 0 aliphatic carbocycles. The van der Waals surface area contributed by atoms with Crippen LogP contribution in [0.2, 0.25) is 0 Å². The molecule has 0 N–H and O–H groups in total. The normalized spacial score (nSPS) is 10.6. The monoisotopic (exact) mass is 252 g/mol. The molecule has 13 heavy (non-hydrogen) atoms. The Morgan fingerprint density at radius 3 is 1.08 bits per heavy atom. The summed E-state index contributed by atoms with van der Waals surface area (Å²) in [5.41, 5.74) is 5.87. The summed E-state index contributed by atoms with van der Waals surface area (Å²) in [6, 6.07) is 0. The predicted molar refractivity (Wildman–Crippen MR) is 52.4 cm³/mol. The van der Waals surface area contributed by atoms with Crippen molar-refractivity contribution in [3.05, 3.63) is 23.6 Å². The van der Waals surface area contributed by atoms with Crippen molar-refractivity contribution in [2.75, 3.05) is 0 Å². The van der Waals surface area contributed by atoms with Crippen molar-refractivity contribution in [2.24, 2.45) is 10.8 Å². The maximum Gasteiger partial charge on any atom is 2.00 e. The summed E-state index contributed by atoms with van der Waals surface area (Å²) < 4.78 is 0. The topological polar surface area (TPSA) is 0 Å². The van der Waals surface area contributed by atoms with Crippen molar-refractivity contribution in [2.45, 2.75) is 41.5 Å². The summed E-state index contributed by atoms with van der Waals surface area (Å²) in [5, 5.41) is 0. The zero-order valence-corrected chi connectivity index (χ0v) is 12.0. The third-order valence-corrected chi connectivity index (χ3v) is 0.938. The van der Waals surface area contributed by atoms with E-state index in [0.717, 1.165) is 0 Å². The van der Waals surface area contributed by atoms with Gasteiger partial charge in [-0.05, 0) is 0 Å². The first kappa shape index (κ1) is 15.6. The minimum atomic E-state index is 0. The third-order valence-electron chi connectivity index (χ3n) is 0.938. The van der Waals surface area contributed by atoms with Crippen LogP contribution in [0, 0.1) is 23.0 Å². The van der Waals surface area contributed by atoms with Gasteiger partial charge in [-0.1, -0.05) is 41.5 Å². The van der Waals surface area contributed by atoms with Gasteiger partial charge in [0.2, 0.25) is 0 Å². The summed E-state index contributed by atoms with van der Waals surface area (Å²) in [5.74, 6) is 0. The fourth-order valence-electron chi connectivity index (χ4n) is 0.438. The molecule has 0 aliphatic rings. The molecule has 0 bridgehead atoms. The third kappa shape index (κ3) is 15.0. The van der Waals surface area contributed by atoms with Gasteiger partial charge < -0.3 is 23.6 Å². The summed E-state index contributed by atoms with van der Waals surface area (Å²) in [6.45, 7) is 12.5. The summed E-state index contributed by atoms with van der Waals surface area (Å²) in [7, 11) is 0. The fourth-order valence-corrected chi connectivity index (χ4v) is 0.438. The van der Waals surface area contributed by atoms with Crippen LogP contribution in [0.1, 0.15) is 41.5 Å². The molecule has 70 valence electrons. The Morgan fingerprint density at radius 2 is 0.923 bits per heavy atom. The van der Waals surface area contributed by atoms with E-state index in [1.807, 2.05) is 0 Å². The van der Waals surface area contributed by atoms with Crippen molar-refractivity contribution in [3.63, 3.8) is 0 Å². The molecular formula is C12H18Zr. The van der Waals surface area contributed by atoms with Gasteiger partial charge in [0, 0.05) is 0 Å². The second-order valence-corrected chi connectivity index (χ2v) is 5.00. The molecule has 0 saturated heterocycles. The molecule has 0 fully saturated rings. The van der Waals surface area contributed by atoms with Crippen molar-refractivity contribution in [3.8, 4) is 0 Å². The van der Waals surface area contributed by atoms with E-state index in [2.05, 4.69) is 65.2 Å². The first-order chi connectivity index (χ1) is 5.21. The molecular weight excluding hydrogens is 235 g/mol. The van der Waals surface area contributed by atoms with Gasteiger partial charge in [0.15, 0.2) is 0 Å². The Morgan fingerprint density at radius 1 is 0.692 bits per heavy atom. The molecule has 0 aliphatic heterocycles. The molecule has 0 radical (unpaired) electrons. The van der Waals surface area contributed by atoms with Crippen LogP contribution in [0.3, 0.4) is 0 Å². The zero-order chi connectivity index (χ0) is 9.83. The summed E-state index contributed by atoms with van der Waals surface area (Å²) in [4.78, 5) is 0. The number of allylic oxidation sites excluding steroid dienone is 2. The van der Waals surface area contributed by atoms with Gasteiger partial charge in [0.1, 0.15) is 0 Å². The molecule has 0 aromatic heterocycles. The molecule has 0 aromatic rings. The van der Waals surface area contributed by atoms with Crippen LogP contribution >= 0.6 is 0 Å². The molecule has 0 spiro atoms. The van der Waals surface area contributed by atoms with Crippen LogP contribution in [0.25, 0.3) is 0 Å². The second-order valence-electron chi connectivity index (χ2n) is 5.00. The molecule has 0 saturated carbocycles. The van der Waals surface area contributed by atoms with Gasteiger partial charge in [-0.25, -0.2) is 0 Å². The van der Waals surface area contributed by atoms with E-state index in [4.69, 9.17) is 0 Å². The van der Waals surface area contributed by atoms with Gasteiger partial charge in [-0.15, -0.1) is 10.8 Å². The first-order valence-electron chi connectivity index (χ1n) is 4.25. The molecule has 1 heteroatoms. The van der Waals surface area contributed by atoms with Gasteiger partial charge in [0.05, 0.1) is 0 Å². The molecule has 0 nitrogen and oxygen atoms in total. The van der Waals surface area contributed by atoms with Crippen LogP contribution in [0.4, 0.5) is 0 Å². The largest absolute Gasteiger partial charge is 2.00 e. The Balaban J connectivity index is 0. The first-order valence-corrected chi connectivity index (χ1v) is 4.25. The molecule has 0 amide bonds. The van der Waals surface area contributed by atoms with Gasteiger partial charge in [0.25, 0.3) is 0 Å². The smallest absolute Gasteiger partial charge is 0.533 e. The van der Waals surface area contributed by atoms with Gasteiger partial charge in [-0.3, -0.25) is 0 Å². The van der Waals surface area contributed by atoms with Crippen LogP contribution in [0.5, 0.6) is 0 Å². The molecule has 0 atom stereocenters. The summed E-state index contributed by atoms with van der Waals surface area (Å²) >= 11 is 0. The van der Waals surface area contributed by atoms with E-state index in [0.29, 0.717) is 0 Å². The number of hydrogen-bond donors (Lipinski definition) is 0. The minimum absolute atomic E-state index is 0. The predicted octanol–water partition coefficient (Wildman–Crippen LogP) is 3.55. The fraction of sp³-hybridized carbons (Fsp3) is 0.667. The molecule has 0 unspecified atom stereocenters. The standard InChI is InChI=1S/C12H18.Zr/c1-11(2,3)9-7-8-10-12(4,5)6;/h1-6H3;/q-2;+2. The Hall–Kier alpha value is 0.183. The average molecular weight is 254 g/mol. The second kappa shape index (κ2) is 5.82. The molecule has 0 rings (SSSR count). The van der Waals surface area contributed by atoms with Crippen molar-refractivity contribution >= 4 is 0 Å². The van der Waals surface area contributed by atoms with Gasteiger partial charge in [-0.2, -0.15) is 0 Å². The Labute approximate surface area is 102 Å². The quantitative estimate of drug-likeness (QED) is 0.457. The maximum absolute atomic E-state index is 3.07. The van der Waals surface area contributed by atoms with E-state index < -0.39 is 0 Å². The zero-order valence-electron chi connectivity index (χ0n) is 9.50. The van der Waals surface area contributed by atoms with E-state index in [-0.39, 0.29) is 37.0 Å². The van der Waals surface area contributed by atoms with Crippen molar-refractivity contribution in [1.29, 1.82) is 0 Å². The SMILES string of the molecule is CC(C)(C)[C-]=C=C=[C-]C(C)(C)C.[Zr+2]. The van der Waals surface area contributed by atoms with Crippen molar-refractivity contribution in [1.82, 2.24) is 0 Å². The average Bonchev–Trinajstić information content (AvgIpc) is 1.76. The molecule has 0 aromatic carbocycles. The van der Waals surface area contributed by atoms with E-state index in [1.165, 1.54) is 0 Å². The van der Waals surface area contributed by atoms with E-state index >= 15 is 0 Å². The van der Waals surface area contributed by atoms with Crippen LogP contribution in [0.15, 0.2) is 11.5 Å². The van der Waals surface area contributed by atoms with Gasteiger partial charge >= 0.3 is 26.2 Å². The Bertz CT molecular complexity index is 197. The van der Waals surface area contributed by atoms with E-state index in [9.17, 15) is 0 Å². The minimum Gasteiger partial charge on any atom is -0.533 e. The number of hydrogen-bond acceptors (Lipinski definition) is 0. The number of rotatable bonds is 0. The summed E-state index contributed by atoms with van der Waals surface area (Å²) in [6.07, 6.45) is 6.14. The van der Waals surface area contributed by atoms with Crippen molar-refractivity contribution < 1.29 is 26.2 Å². The maximum atomic E-state index is 3.07.